The smallest absolute Gasteiger partial charge is 0.325 e. The highest BCUT2D eigenvalue weighted by Gasteiger charge is 2.15. The Kier molecular flexibility index (Phi) is 4.39. The van der Waals surface area contributed by atoms with Crippen molar-refractivity contribution < 1.29 is 14.3 Å². The Labute approximate surface area is 125 Å². The van der Waals surface area contributed by atoms with Crippen LogP contribution < -0.4 is 0 Å². The van der Waals surface area contributed by atoms with Crippen LogP contribution in [0.1, 0.15) is 10.4 Å². The zero-order valence-corrected chi connectivity index (χ0v) is 12.8. The monoisotopic (exact) mass is 335 g/mol. The van der Waals surface area contributed by atoms with Crippen molar-refractivity contribution in [1.29, 1.82) is 0 Å². The Hall–Kier alpha value is -1.88. The summed E-state index contributed by atoms with van der Waals surface area (Å²) in [5.74, 6) is -0.647. The van der Waals surface area contributed by atoms with Crippen molar-refractivity contribution in [2.45, 2.75) is 0 Å². The third kappa shape index (κ3) is 3.17. The van der Waals surface area contributed by atoms with Gasteiger partial charge in [0, 0.05) is 17.1 Å². The first-order chi connectivity index (χ1) is 9.51. The van der Waals surface area contributed by atoms with E-state index in [9.17, 15) is 9.59 Å². The van der Waals surface area contributed by atoms with Crippen molar-refractivity contribution >= 4 is 38.6 Å². The molecule has 0 aliphatic rings. The molecule has 0 radical (unpaired) electrons. The van der Waals surface area contributed by atoms with E-state index in [4.69, 9.17) is 0 Å². The molecule has 0 bridgehead atoms. The molecule has 4 nitrogen and oxygen atoms in total. The summed E-state index contributed by atoms with van der Waals surface area (Å²) < 4.78 is 5.54. The largest absolute Gasteiger partial charge is 0.468 e. The number of methoxy groups -OCH3 is 1. The van der Waals surface area contributed by atoms with E-state index in [-0.39, 0.29) is 12.5 Å². The van der Waals surface area contributed by atoms with Crippen molar-refractivity contribution in [3.05, 3.63) is 46.4 Å². The van der Waals surface area contributed by atoms with Crippen LogP contribution in [-0.2, 0) is 9.53 Å². The zero-order valence-electron chi connectivity index (χ0n) is 11.2. The molecule has 0 aliphatic carbocycles. The number of rotatable bonds is 3. The lowest BCUT2D eigenvalue weighted by Crippen LogP contribution is -2.32. The van der Waals surface area contributed by atoms with Crippen LogP contribution in [0.3, 0.4) is 0 Å². The van der Waals surface area contributed by atoms with E-state index in [0.717, 1.165) is 15.2 Å². The van der Waals surface area contributed by atoms with Gasteiger partial charge in [-0.3, -0.25) is 9.59 Å². The quantitative estimate of drug-likeness (QED) is 0.810. The average molecular weight is 336 g/mol. The molecule has 0 aliphatic heterocycles. The summed E-state index contributed by atoms with van der Waals surface area (Å²) in [4.78, 5) is 24.7. The summed E-state index contributed by atoms with van der Waals surface area (Å²) in [7, 11) is 2.87. The van der Waals surface area contributed by atoms with Gasteiger partial charge in [0.25, 0.3) is 5.91 Å². The van der Waals surface area contributed by atoms with Gasteiger partial charge in [0.05, 0.1) is 7.11 Å². The van der Waals surface area contributed by atoms with Gasteiger partial charge in [0.1, 0.15) is 6.54 Å². The number of hydrogen-bond donors (Lipinski definition) is 0. The lowest BCUT2D eigenvalue weighted by atomic mass is 10.1. The van der Waals surface area contributed by atoms with Crippen LogP contribution in [0.4, 0.5) is 0 Å². The Morgan fingerprint density at radius 1 is 1.15 bits per heavy atom. The van der Waals surface area contributed by atoms with Crippen molar-refractivity contribution in [3.63, 3.8) is 0 Å². The molecule has 5 heteroatoms. The highest BCUT2D eigenvalue weighted by molar-refractivity contribution is 9.10. The van der Waals surface area contributed by atoms with E-state index >= 15 is 0 Å². The number of carbonyl (C=O) groups excluding carboxylic acids is 2. The zero-order chi connectivity index (χ0) is 14.7. The molecule has 0 fully saturated rings. The summed E-state index contributed by atoms with van der Waals surface area (Å²) in [5, 5.41) is 2.03. The minimum absolute atomic E-state index is 0.0618. The van der Waals surface area contributed by atoms with Gasteiger partial charge in [-0.15, -0.1) is 0 Å². The number of hydrogen-bond acceptors (Lipinski definition) is 3. The maximum atomic E-state index is 12.2. The molecule has 2 aromatic carbocycles. The minimum Gasteiger partial charge on any atom is -0.468 e. The van der Waals surface area contributed by atoms with Crippen molar-refractivity contribution in [3.8, 4) is 0 Å². The fourth-order valence-corrected chi connectivity index (χ4v) is 2.28. The fourth-order valence-electron chi connectivity index (χ4n) is 1.90. The number of benzene rings is 2. The normalized spacial score (nSPS) is 10.3. The number of likely N-dealkylation sites (N-methyl/N-ethyl adjacent to an activating group) is 1. The molecule has 1 amide bonds. The lowest BCUT2D eigenvalue weighted by Gasteiger charge is -2.15. The van der Waals surface area contributed by atoms with Crippen molar-refractivity contribution in [2.75, 3.05) is 20.7 Å². The Balaban J connectivity index is 2.26. The van der Waals surface area contributed by atoms with Gasteiger partial charge in [0.2, 0.25) is 0 Å². The SMILES string of the molecule is COC(=O)CN(C)C(=O)c1ccc2cc(Br)ccc2c1. The number of fused-ring (bicyclic) bond motifs is 1. The first-order valence-corrected chi connectivity index (χ1v) is 6.82. The second kappa shape index (κ2) is 6.05. The number of ether oxygens (including phenoxy) is 1. The number of carbonyl (C=O) groups is 2. The Morgan fingerprint density at radius 2 is 1.80 bits per heavy atom. The van der Waals surface area contributed by atoms with Gasteiger partial charge >= 0.3 is 5.97 Å². The van der Waals surface area contributed by atoms with E-state index in [1.54, 1.807) is 13.1 Å². The molecule has 2 rings (SSSR count). The maximum Gasteiger partial charge on any atom is 0.325 e. The second-order valence-corrected chi connectivity index (χ2v) is 5.36. The molecule has 104 valence electrons. The average Bonchev–Trinajstić information content (AvgIpc) is 2.45. The summed E-state index contributed by atoms with van der Waals surface area (Å²) in [5.41, 5.74) is 0.547. The summed E-state index contributed by atoms with van der Waals surface area (Å²) in [6.45, 7) is -0.0618. The lowest BCUT2D eigenvalue weighted by molar-refractivity contribution is -0.141. The van der Waals surface area contributed by atoms with Gasteiger partial charge in [0.15, 0.2) is 0 Å². The van der Waals surface area contributed by atoms with Gasteiger partial charge in [-0.2, -0.15) is 0 Å². The molecular weight excluding hydrogens is 322 g/mol. The first kappa shape index (κ1) is 14.5. The van der Waals surface area contributed by atoms with E-state index < -0.39 is 5.97 Å². The van der Waals surface area contributed by atoms with E-state index in [1.165, 1.54) is 12.0 Å². The molecule has 20 heavy (non-hydrogen) atoms. The maximum absolute atomic E-state index is 12.2. The third-order valence-electron chi connectivity index (χ3n) is 2.99. The predicted molar refractivity (Wildman–Crippen MR) is 80.6 cm³/mol. The first-order valence-electron chi connectivity index (χ1n) is 6.03. The highest BCUT2D eigenvalue weighted by Crippen LogP contribution is 2.21. The molecule has 0 saturated heterocycles. The molecule has 0 aromatic heterocycles. The van der Waals surface area contributed by atoms with Crippen LogP contribution in [0.5, 0.6) is 0 Å². The molecule has 0 heterocycles. The second-order valence-electron chi connectivity index (χ2n) is 4.44. The van der Waals surface area contributed by atoms with E-state index in [0.29, 0.717) is 5.56 Å². The summed E-state index contributed by atoms with van der Waals surface area (Å²) in [6, 6.07) is 11.3. The number of halogens is 1. The topological polar surface area (TPSA) is 46.6 Å². The molecule has 0 N–H and O–H groups in total. The van der Waals surface area contributed by atoms with Crippen LogP contribution in [0.2, 0.25) is 0 Å². The molecule has 0 saturated carbocycles. The molecular formula is C15H14BrNO3. The van der Waals surface area contributed by atoms with Crippen molar-refractivity contribution in [1.82, 2.24) is 4.90 Å². The van der Waals surface area contributed by atoms with Crippen molar-refractivity contribution in [2.24, 2.45) is 0 Å². The summed E-state index contributed by atoms with van der Waals surface area (Å²) in [6.07, 6.45) is 0. The van der Waals surface area contributed by atoms with E-state index in [2.05, 4.69) is 20.7 Å². The molecule has 0 unspecified atom stereocenters. The number of amides is 1. The fraction of sp³-hybridized carbons (Fsp3) is 0.200. The van der Waals surface area contributed by atoms with Gasteiger partial charge < -0.3 is 9.64 Å². The molecule has 0 spiro atoms. The molecule has 0 atom stereocenters. The molecule has 2 aromatic rings. The van der Waals surface area contributed by atoms with Crippen LogP contribution in [0.25, 0.3) is 10.8 Å². The highest BCUT2D eigenvalue weighted by atomic mass is 79.9. The Morgan fingerprint density at radius 3 is 2.50 bits per heavy atom. The predicted octanol–water partition coefficient (Wildman–Crippen LogP) is 2.85. The standard InChI is InChI=1S/C15H14BrNO3/c1-17(9-14(18)20-2)15(19)12-4-3-11-8-13(16)6-5-10(11)7-12/h3-8H,9H2,1-2H3. The van der Waals surface area contributed by atoms with Gasteiger partial charge in [-0.25, -0.2) is 0 Å². The Bertz CT molecular complexity index is 669. The van der Waals surface area contributed by atoms with Gasteiger partial charge in [-0.1, -0.05) is 28.1 Å². The minimum atomic E-state index is -0.439. The third-order valence-corrected chi connectivity index (χ3v) is 3.48. The van der Waals surface area contributed by atoms with E-state index in [1.807, 2.05) is 30.3 Å². The van der Waals surface area contributed by atoms with Crippen LogP contribution in [0.15, 0.2) is 40.9 Å². The van der Waals surface area contributed by atoms with Crippen LogP contribution >= 0.6 is 15.9 Å². The van der Waals surface area contributed by atoms with Gasteiger partial charge in [-0.05, 0) is 35.0 Å². The number of nitrogens with zero attached hydrogens (tertiary/aromatic N) is 1. The van der Waals surface area contributed by atoms with Crippen LogP contribution in [-0.4, -0.2) is 37.5 Å². The van der Waals surface area contributed by atoms with Crippen LogP contribution in [0, 0.1) is 0 Å². The number of esters is 1. The summed E-state index contributed by atoms with van der Waals surface area (Å²) >= 11 is 3.41.